The van der Waals surface area contributed by atoms with Crippen LogP contribution in [0, 0.1) is 5.92 Å². The third-order valence-corrected chi connectivity index (χ3v) is 3.28. The van der Waals surface area contributed by atoms with Crippen LogP contribution in [0.4, 0.5) is 0 Å². The summed E-state index contributed by atoms with van der Waals surface area (Å²) < 4.78 is 5.84. The Balaban J connectivity index is 1.91. The number of rotatable bonds is 1. The lowest BCUT2D eigenvalue weighted by atomic mass is 9.83. The molecule has 2 saturated heterocycles. The quantitative estimate of drug-likeness (QED) is 0.609. The van der Waals surface area contributed by atoms with Crippen LogP contribution in [0.15, 0.2) is 0 Å². The first-order valence-corrected chi connectivity index (χ1v) is 5.15. The predicted octanol–water partition coefficient (Wildman–Crippen LogP) is 0.734. The zero-order valence-electron chi connectivity index (χ0n) is 7.92. The summed E-state index contributed by atoms with van der Waals surface area (Å²) in [5, 5.41) is 3.33. The maximum Gasteiger partial charge on any atom is 0.125 e. The third kappa shape index (κ3) is 1.92. The van der Waals surface area contributed by atoms with Crippen molar-refractivity contribution in [1.29, 1.82) is 0 Å². The van der Waals surface area contributed by atoms with Gasteiger partial charge in [-0.2, -0.15) is 0 Å². The van der Waals surface area contributed by atoms with E-state index in [0.717, 1.165) is 45.1 Å². The van der Waals surface area contributed by atoms with Gasteiger partial charge in [0.2, 0.25) is 0 Å². The van der Waals surface area contributed by atoms with Crippen LogP contribution < -0.4 is 5.32 Å². The summed E-state index contributed by atoms with van der Waals surface area (Å²) in [5.41, 5.74) is 0.116. The van der Waals surface area contributed by atoms with Crippen LogP contribution in [-0.4, -0.2) is 31.6 Å². The SMILES string of the molecule is O=CC1CCC2(CCNCC2)OC1. The van der Waals surface area contributed by atoms with E-state index in [2.05, 4.69) is 5.32 Å². The van der Waals surface area contributed by atoms with Gasteiger partial charge in [0.15, 0.2) is 0 Å². The van der Waals surface area contributed by atoms with Crippen LogP contribution in [0.5, 0.6) is 0 Å². The molecule has 3 heteroatoms. The second-order valence-electron chi connectivity index (χ2n) is 4.18. The van der Waals surface area contributed by atoms with Crippen molar-refractivity contribution in [2.75, 3.05) is 19.7 Å². The van der Waals surface area contributed by atoms with Gasteiger partial charge in [0.25, 0.3) is 0 Å². The highest BCUT2D eigenvalue weighted by atomic mass is 16.5. The van der Waals surface area contributed by atoms with E-state index in [9.17, 15) is 4.79 Å². The number of ether oxygens (including phenoxy) is 1. The summed E-state index contributed by atoms with van der Waals surface area (Å²) in [6, 6.07) is 0. The highest BCUT2D eigenvalue weighted by Crippen LogP contribution is 2.34. The lowest BCUT2D eigenvalue weighted by Crippen LogP contribution is -2.47. The molecule has 2 heterocycles. The topological polar surface area (TPSA) is 38.3 Å². The van der Waals surface area contributed by atoms with Crippen molar-refractivity contribution >= 4 is 6.29 Å². The molecule has 1 N–H and O–H groups in total. The van der Waals surface area contributed by atoms with E-state index in [-0.39, 0.29) is 11.5 Å². The lowest BCUT2D eigenvalue weighted by molar-refractivity contribution is -0.133. The fraction of sp³-hybridized carbons (Fsp3) is 0.900. The van der Waals surface area contributed by atoms with E-state index in [4.69, 9.17) is 4.74 Å². The second kappa shape index (κ2) is 3.76. The number of hydrogen-bond acceptors (Lipinski definition) is 3. The van der Waals surface area contributed by atoms with E-state index in [1.54, 1.807) is 0 Å². The van der Waals surface area contributed by atoms with Crippen LogP contribution in [0.1, 0.15) is 25.7 Å². The Morgan fingerprint density at radius 1 is 1.31 bits per heavy atom. The zero-order chi connectivity index (χ0) is 9.15. The summed E-state index contributed by atoms with van der Waals surface area (Å²) in [6.45, 7) is 2.76. The standard InChI is InChI=1S/C10H17NO2/c12-7-9-1-2-10(13-8-9)3-5-11-6-4-10/h7,9,11H,1-6,8H2. The highest BCUT2D eigenvalue weighted by molar-refractivity contribution is 5.53. The van der Waals surface area contributed by atoms with Crippen molar-refractivity contribution in [3.8, 4) is 0 Å². The van der Waals surface area contributed by atoms with Gasteiger partial charge in [0.05, 0.1) is 12.2 Å². The maximum absolute atomic E-state index is 10.5. The molecule has 0 saturated carbocycles. The van der Waals surface area contributed by atoms with Gasteiger partial charge >= 0.3 is 0 Å². The van der Waals surface area contributed by atoms with Gasteiger partial charge in [-0.15, -0.1) is 0 Å². The van der Waals surface area contributed by atoms with Crippen LogP contribution in [0.3, 0.4) is 0 Å². The third-order valence-electron chi connectivity index (χ3n) is 3.28. The molecule has 74 valence electrons. The maximum atomic E-state index is 10.5. The Labute approximate surface area is 78.8 Å². The van der Waals surface area contributed by atoms with Gasteiger partial charge in [-0.1, -0.05) is 0 Å². The molecule has 0 aromatic heterocycles. The average Bonchev–Trinajstić information content (AvgIpc) is 2.20. The molecule has 2 rings (SSSR count). The van der Waals surface area contributed by atoms with Crippen molar-refractivity contribution < 1.29 is 9.53 Å². The number of hydrogen-bond donors (Lipinski definition) is 1. The van der Waals surface area contributed by atoms with Gasteiger partial charge in [-0.3, -0.25) is 0 Å². The van der Waals surface area contributed by atoms with Crippen LogP contribution in [0.25, 0.3) is 0 Å². The molecule has 1 atom stereocenters. The van der Waals surface area contributed by atoms with Gasteiger partial charge in [-0.25, -0.2) is 0 Å². The van der Waals surface area contributed by atoms with E-state index in [1.807, 2.05) is 0 Å². The fourth-order valence-corrected chi connectivity index (χ4v) is 2.27. The second-order valence-corrected chi connectivity index (χ2v) is 4.18. The molecule has 0 amide bonds. The summed E-state index contributed by atoms with van der Waals surface area (Å²) in [4.78, 5) is 10.5. The van der Waals surface area contributed by atoms with Gasteiger partial charge in [-0.05, 0) is 38.8 Å². The Hall–Kier alpha value is -0.410. The van der Waals surface area contributed by atoms with E-state index in [1.165, 1.54) is 0 Å². The molecule has 0 aromatic rings. The lowest BCUT2D eigenvalue weighted by Gasteiger charge is -2.42. The molecular weight excluding hydrogens is 166 g/mol. The van der Waals surface area contributed by atoms with E-state index < -0.39 is 0 Å². The Bertz CT molecular complexity index is 177. The molecule has 0 radical (unpaired) electrons. The monoisotopic (exact) mass is 183 g/mol. The highest BCUT2D eigenvalue weighted by Gasteiger charge is 2.37. The van der Waals surface area contributed by atoms with E-state index >= 15 is 0 Å². The molecule has 2 aliphatic heterocycles. The fourth-order valence-electron chi connectivity index (χ4n) is 2.27. The number of aldehydes is 1. The minimum absolute atomic E-state index is 0.116. The molecule has 13 heavy (non-hydrogen) atoms. The van der Waals surface area contributed by atoms with Crippen molar-refractivity contribution in [2.45, 2.75) is 31.3 Å². The first-order valence-electron chi connectivity index (χ1n) is 5.15. The number of carbonyl (C=O) groups is 1. The summed E-state index contributed by atoms with van der Waals surface area (Å²) in [6.07, 6.45) is 5.34. The summed E-state index contributed by atoms with van der Waals surface area (Å²) >= 11 is 0. The number of nitrogens with one attached hydrogen (secondary N) is 1. The summed E-state index contributed by atoms with van der Waals surface area (Å²) in [7, 11) is 0. The first-order chi connectivity index (χ1) is 6.35. The molecule has 3 nitrogen and oxygen atoms in total. The van der Waals surface area contributed by atoms with E-state index in [0.29, 0.717) is 6.61 Å². The Morgan fingerprint density at radius 3 is 2.62 bits per heavy atom. The molecule has 2 aliphatic rings. The molecular formula is C10H17NO2. The largest absolute Gasteiger partial charge is 0.374 e. The van der Waals surface area contributed by atoms with Crippen LogP contribution in [-0.2, 0) is 9.53 Å². The minimum atomic E-state index is 0.116. The Morgan fingerprint density at radius 2 is 2.08 bits per heavy atom. The number of carbonyl (C=O) groups excluding carboxylic acids is 1. The van der Waals surface area contributed by atoms with Gasteiger partial charge in [0.1, 0.15) is 6.29 Å². The Kier molecular flexibility index (Phi) is 2.65. The molecule has 0 aliphatic carbocycles. The van der Waals surface area contributed by atoms with Gasteiger partial charge in [0, 0.05) is 5.92 Å². The van der Waals surface area contributed by atoms with Gasteiger partial charge < -0.3 is 14.8 Å². The average molecular weight is 183 g/mol. The minimum Gasteiger partial charge on any atom is -0.374 e. The predicted molar refractivity (Wildman–Crippen MR) is 49.6 cm³/mol. The normalized spacial score (nSPS) is 33.1. The first kappa shape index (κ1) is 9.16. The van der Waals surface area contributed by atoms with Crippen LogP contribution >= 0.6 is 0 Å². The van der Waals surface area contributed by atoms with Crippen molar-refractivity contribution in [2.24, 2.45) is 5.92 Å². The van der Waals surface area contributed by atoms with Crippen molar-refractivity contribution in [3.05, 3.63) is 0 Å². The molecule has 0 aromatic carbocycles. The molecule has 0 bridgehead atoms. The summed E-state index contributed by atoms with van der Waals surface area (Å²) in [5.74, 6) is 0.153. The molecule has 1 spiro atoms. The smallest absolute Gasteiger partial charge is 0.125 e. The molecule has 1 unspecified atom stereocenters. The van der Waals surface area contributed by atoms with Crippen molar-refractivity contribution in [3.63, 3.8) is 0 Å². The van der Waals surface area contributed by atoms with Crippen LogP contribution in [0.2, 0.25) is 0 Å². The molecule has 2 fully saturated rings. The number of piperidine rings is 1. The van der Waals surface area contributed by atoms with Crippen molar-refractivity contribution in [1.82, 2.24) is 5.32 Å². The zero-order valence-corrected chi connectivity index (χ0v) is 7.92.